The highest BCUT2D eigenvalue weighted by Gasteiger charge is 2.37. The van der Waals surface area contributed by atoms with E-state index >= 15 is 0 Å². The molecule has 1 saturated carbocycles. The van der Waals surface area contributed by atoms with E-state index < -0.39 is 0 Å². The quantitative estimate of drug-likeness (QED) is 0.477. The summed E-state index contributed by atoms with van der Waals surface area (Å²) in [6.07, 6.45) is 0.831. The van der Waals surface area contributed by atoms with E-state index in [0.717, 1.165) is 6.42 Å². The Morgan fingerprint density at radius 1 is 1.86 bits per heavy atom. The minimum atomic E-state index is -0.0833. The second-order valence-electron chi connectivity index (χ2n) is 2.33. The molecule has 2 heteroatoms. The highest BCUT2D eigenvalue weighted by atomic mass is 16.3. The zero-order valence-corrected chi connectivity index (χ0v) is 4.46. The number of hydrogen-bond acceptors (Lipinski definition) is 2. The van der Waals surface area contributed by atoms with E-state index in [1.165, 1.54) is 0 Å². The van der Waals surface area contributed by atoms with Crippen LogP contribution in [0.3, 0.4) is 0 Å². The van der Waals surface area contributed by atoms with Crippen molar-refractivity contribution < 1.29 is 5.11 Å². The Morgan fingerprint density at radius 2 is 2.29 bits per heavy atom. The highest BCUT2D eigenvalue weighted by Crippen LogP contribution is 2.31. The minimum absolute atomic E-state index is 0.0833. The van der Waals surface area contributed by atoms with E-state index in [-0.39, 0.29) is 12.1 Å². The Labute approximate surface area is 43.3 Å². The first kappa shape index (κ1) is 5.06. The van der Waals surface area contributed by atoms with Gasteiger partial charge in [0.1, 0.15) is 0 Å². The molecule has 0 aromatic rings. The molecule has 3 atom stereocenters. The third kappa shape index (κ3) is 0.924. The van der Waals surface area contributed by atoms with Crippen LogP contribution >= 0.6 is 0 Å². The monoisotopic (exact) mass is 101 g/mol. The Bertz CT molecular complexity index is 72.5. The van der Waals surface area contributed by atoms with Gasteiger partial charge in [-0.2, -0.15) is 0 Å². The van der Waals surface area contributed by atoms with Gasteiger partial charge in [-0.25, -0.2) is 0 Å². The topological polar surface area (TPSA) is 46.2 Å². The summed E-state index contributed by atoms with van der Waals surface area (Å²) in [6.45, 7) is 1.93. The number of hydrogen-bond donors (Lipinski definition) is 2. The number of nitrogens with two attached hydrogens (primary N) is 1. The zero-order chi connectivity index (χ0) is 5.44. The molecule has 3 unspecified atom stereocenters. The standard InChI is InChI=1S/C5H11NO/c1-3(6)4-2-5(4)7/h3-5,7H,2,6H2,1H3. The van der Waals surface area contributed by atoms with Crippen LogP contribution in [0, 0.1) is 5.92 Å². The summed E-state index contributed by atoms with van der Waals surface area (Å²) in [5.74, 6) is 0.403. The van der Waals surface area contributed by atoms with E-state index in [2.05, 4.69) is 0 Å². The third-order valence-electron chi connectivity index (χ3n) is 1.48. The van der Waals surface area contributed by atoms with Gasteiger partial charge in [0.15, 0.2) is 0 Å². The van der Waals surface area contributed by atoms with Gasteiger partial charge in [0.2, 0.25) is 0 Å². The van der Waals surface area contributed by atoms with Gasteiger partial charge in [-0.1, -0.05) is 0 Å². The molecule has 0 spiro atoms. The maximum Gasteiger partial charge on any atom is 0.0588 e. The Morgan fingerprint density at radius 3 is 2.29 bits per heavy atom. The van der Waals surface area contributed by atoms with E-state index in [1.54, 1.807) is 0 Å². The third-order valence-corrected chi connectivity index (χ3v) is 1.48. The Kier molecular flexibility index (Phi) is 1.05. The van der Waals surface area contributed by atoms with Crippen molar-refractivity contribution in [3.8, 4) is 0 Å². The average Bonchev–Trinajstić information content (AvgIpc) is 2.17. The summed E-state index contributed by atoms with van der Waals surface area (Å²) in [4.78, 5) is 0. The first-order chi connectivity index (χ1) is 3.22. The normalized spacial score (nSPS) is 43.3. The molecule has 7 heavy (non-hydrogen) atoms. The van der Waals surface area contributed by atoms with Crippen molar-refractivity contribution >= 4 is 0 Å². The zero-order valence-electron chi connectivity index (χ0n) is 4.46. The van der Waals surface area contributed by atoms with Gasteiger partial charge in [-0.15, -0.1) is 0 Å². The van der Waals surface area contributed by atoms with Crippen molar-refractivity contribution in [2.75, 3.05) is 0 Å². The lowest BCUT2D eigenvalue weighted by molar-refractivity contribution is 0.253. The van der Waals surface area contributed by atoms with Crippen molar-refractivity contribution in [1.29, 1.82) is 0 Å². The van der Waals surface area contributed by atoms with Crippen LogP contribution in [0.15, 0.2) is 0 Å². The van der Waals surface area contributed by atoms with Crippen LogP contribution in [0.5, 0.6) is 0 Å². The second kappa shape index (κ2) is 1.46. The van der Waals surface area contributed by atoms with E-state index in [1.807, 2.05) is 6.92 Å². The minimum Gasteiger partial charge on any atom is -0.393 e. The first-order valence-corrected chi connectivity index (χ1v) is 2.65. The van der Waals surface area contributed by atoms with Crippen LogP contribution in [0.4, 0.5) is 0 Å². The molecule has 1 aliphatic rings. The predicted molar refractivity (Wildman–Crippen MR) is 27.8 cm³/mol. The van der Waals surface area contributed by atoms with Gasteiger partial charge >= 0.3 is 0 Å². The summed E-state index contributed by atoms with van der Waals surface area (Å²) in [7, 11) is 0. The van der Waals surface area contributed by atoms with E-state index in [9.17, 15) is 0 Å². The molecule has 0 amide bonds. The summed E-state index contributed by atoms with van der Waals surface area (Å²) in [5, 5.41) is 8.72. The first-order valence-electron chi connectivity index (χ1n) is 2.65. The largest absolute Gasteiger partial charge is 0.393 e. The van der Waals surface area contributed by atoms with Gasteiger partial charge in [0, 0.05) is 12.0 Å². The van der Waals surface area contributed by atoms with Crippen LogP contribution in [0.25, 0.3) is 0 Å². The van der Waals surface area contributed by atoms with Crippen molar-refractivity contribution in [2.45, 2.75) is 25.5 Å². The predicted octanol–water partition coefficient (Wildman–Crippen LogP) is -0.286. The molecule has 0 aromatic carbocycles. The van der Waals surface area contributed by atoms with Crippen molar-refractivity contribution in [3.63, 3.8) is 0 Å². The summed E-state index contributed by atoms with van der Waals surface area (Å²) in [6, 6.07) is 0.190. The van der Waals surface area contributed by atoms with Crippen molar-refractivity contribution in [3.05, 3.63) is 0 Å². The van der Waals surface area contributed by atoms with Crippen LogP contribution in [0.2, 0.25) is 0 Å². The molecule has 2 nitrogen and oxygen atoms in total. The fourth-order valence-electron chi connectivity index (χ4n) is 0.765. The molecule has 1 fully saturated rings. The summed E-state index contributed by atoms with van der Waals surface area (Å²) in [5.41, 5.74) is 5.43. The fourth-order valence-corrected chi connectivity index (χ4v) is 0.765. The number of aliphatic hydroxyl groups is 1. The van der Waals surface area contributed by atoms with Gasteiger partial charge < -0.3 is 10.8 Å². The van der Waals surface area contributed by atoms with Crippen LogP contribution < -0.4 is 5.73 Å². The van der Waals surface area contributed by atoms with E-state index in [4.69, 9.17) is 10.8 Å². The Hall–Kier alpha value is -0.0800. The van der Waals surface area contributed by atoms with Crippen molar-refractivity contribution in [1.82, 2.24) is 0 Å². The SMILES string of the molecule is CC(N)C1CC1O. The molecule has 0 radical (unpaired) electrons. The lowest BCUT2D eigenvalue weighted by atomic mass is 10.2. The molecule has 0 bridgehead atoms. The van der Waals surface area contributed by atoms with Crippen LogP contribution in [-0.4, -0.2) is 17.3 Å². The number of aliphatic hydroxyl groups excluding tert-OH is 1. The molecule has 1 aliphatic carbocycles. The summed E-state index contributed by atoms with van der Waals surface area (Å²) >= 11 is 0. The van der Waals surface area contributed by atoms with Gasteiger partial charge in [-0.05, 0) is 13.3 Å². The summed E-state index contributed by atoms with van der Waals surface area (Å²) < 4.78 is 0. The van der Waals surface area contributed by atoms with E-state index in [0.29, 0.717) is 5.92 Å². The molecule has 0 saturated heterocycles. The lowest BCUT2D eigenvalue weighted by Crippen LogP contribution is -2.19. The van der Waals surface area contributed by atoms with Gasteiger partial charge in [-0.3, -0.25) is 0 Å². The smallest absolute Gasteiger partial charge is 0.0588 e. The number of rotatable bonds is 1. The second-order valence-corrected chi connectivity index (χ2v) is 2.33. The van der Waals surface area contributed by atoms with Gasteiger partial charge in [0.05, 0.1) is 6.10 Å². The fraction of sp³-hybridized carbons (Fsp3) is 1.00. The Balaban J connectivity index is 2.20. The van der Waals surface area contributed by atoms with Crippen LogP contribution in [0.1, 0.15) is 13.3 Å². The molecule has 0 aliphatic heterocycles. The van der Waals surface area contributed by atoms with Crippen LogP contribution in [-0.2, 0) is 0 Å². The molecule has 0 aromatic heterocycles. The highest BCUT2D eigenvalue weighted by molar-refractivity contribution is 4.91. The molecule has 3 N–H and O–H groups in total. The maximum absolute atomic E-state index is 8.72. The molecule has 1 rings (SSSR count). The average molecular weight is 101 g/mol. The molecular formula is C5H11NO. The molecule has 0 heterocycles. The maximum atomic E-state index is 8.72. The molecular weight excluding hydrogens is 90.1 g/mol. The van der Waals surface area contributed by atoms with Gasteiger partial charge in [0.25, 0.3) is 0 Å². The lowest BCUT2D eigenvalue weighted by Gasteiger charge is -1.97. The van der Waals surface area contributed by atoms with Crippen molar-refractivity contribution in [2.24, 2.45) is 11.7 Å². The molecule has 42 valence electrons.